The molecule has 166 valence electrons. The molecule has 0 spiro atoms. The molecule has 3 rings (SSSR count). The molecular formula is C26H34N2O3. The molecule has 1 N–H and O–H groups in total. The van der Waals surface area contributed by atoms with E-state index in [1.54, 1.807) is 30.1 Å². The van der Waals surface area contributed by atoms with E-state index in [1.807, 2.05) is 30.3 Å². The standard InChI is InChI=1S/C26H34N2O3/c1-3-4-10-19-31-22-17-15-20(16-18-22)26(30)28(2)24-14-9-8-13-23(24)25(29)27-21-11-6-5-7-12-21/h8-9,13-18,21H,3-7,10-12,19H2,1-2H3,(H,27,29). The fourth-order valence-electron chi connectivity index (χ4n) is 4.01. The maximum atomic E-state index is 13.1. The number of hydrogen-bond donors (Lipinski definition) is 1. The van der Waals surface area contributed by atoms with Gasteiger partial charge in [-0.3, -0.25) is 9.59 Å². The number of benzene rings is 2. The Kier molecular flexibility index (Phi) is 8.51. The van der Waals surface area contributed by atoms with Gasteiger partial charge in [0.2, 0.25) is 0 Å². The van der Waals surface area contributed by atoms with E-state index in [9.17, 15) is 9.59 Å². The molecule has 5 heteroatoms. The van der Waals surface area contributed by atoms with E-state index in [1.165, 1.54) is 6.42 Å². The van der Waals surface area contributed by atoms with E-state index in [0.29, 0.717) is 23.4 Å². The summed E-state index contributed by atoms with van der Waals surface area (Å²) in [5.41, 5.74) is 1.70. The van der Waals surface area contributed by atoms with Gasteiger partial charge in [-0.2, -0.15) is 0 Å². The first-order valence-electron chi connectivity index (χ1n) is 11.5. The maximum absolute atomic E-state index is 13.1. The minimum atomic E-state index is -0.157. The van der Waals surface area contributed by atoms with Crippen molar-refractivity contribution in [1.29, 1.82) is 0 Å². The lowest BCUT2D eigenvalue weighted by atomic mass is 9.95. The Hall–Kier alpha value is -2.82. The van der Waals surface area contributed by atoms with Gasteiger partial charge in [0, 0.05) is 18.7 Å². The molecule has 2 aromatic carbocycles. The van der Waals surface area contributed by atoms with Crippen molar-refractivity contribution in [3.8, 4) is 5.75 Å². The number of rotatable bonds is 9. The van der Waals surface area contributed by atoms with Crippen LogP contribution in [-0.4, -0.2) is 31.5 Å². The van der Waals surface area contributed by atoms with E-state index in [4.69, 9.17) is 4.74 Å². The maximum Gasteiger partial charge on any atom is 0.258 e. The number of carbonyl (C=O) groups excluding carboxylic acids is 2. The van der Waals surface area contributed by atoms with E-state index in [0.717, 1.165) is 50.7 Å². The Morgan fingerprint density at radius 3 is 2.42 bits per heavy atom. The molecule has 1 saturated carbocycles. The average Bonchev–Trinajstić information content (AvgIpc) is 2.82. The van der Waals surface area contributed by atoms with Gasteiger partial charge in [-0.25, -0.2) is 0 Å². The summed E-state index contributed by atoms with van der Waals surface area (Å²) in [6, 6.07) is 14.7. The predicted molar refractivity (Wildman–Crippen MR) is 125 cm³/mol. The van der Waals surface area contributed by atoms with Gasteiger partial charge in [0.1, 0.15) is 5.75 Å². The van der Waals surface area contributed by atoms with Crippen LogP contribution < -0.4 is 15.0 Å². The van der Waals surface area contributed by atoms with Crippen LogP contribution in [0.3, 0.4) is 0 Å². The van der Waals surface area contributed by atoms with Crippen LogP contribution in [0.4, 0.5) is 5.69 Å². The number of unbranched alkanes of at least 4 members (excludes halogenated alkanes) is 2. The number of amides is 2. The molecule has 0 bridgehead atoms. The lowest BCUT2D eigenvalue weighted by molar-refractivity contribution is 0.0928. The lowest BCUT2D eigenvalue weighted by Gasteiger charge is -2.25. The van der Waals surface area contributed by atoms with Crippen molar-refractivity contribution < 1.29 is 14.3 Å². The summed E-state index contributed by atoms with van der Waals surface area (Å²) in [4.78, 5) is 27.5. The monoisotopic (exact) mass is 422 g/mol. The number of nitrogens with one attached hydrogen (secondary N) is 1. The molecule has 0 unspecified atom stereocenters. The second-order valence-electron chi connectivity index (χ2n) is 8.27. The molecular weight excluding hydrogens is 388 g/mol. The van der Waals surface area contributed by atoms with E-state index in [-0.39, 0.29) is 17.9 Å². The topological polar surface area (TPSA) is 58.6 Å². The van der Waals surface area contributed by atoms with Crippen molar-refractivity contribution in [2.45, 2.75) is 64.3 Å². The number of nitrogens with zero attached hydrogens (tertiary/aromatic N) is 1. The summed E-state index contributed by atoms with van der Waals surface area (Å²) in [6.45, 7) is 2.85. The summed E-state index contributed by atoms with van der Waals surface area (Å²) >= 11 is 0. The Balaban J connectivity index is 1.67. The van der Waals surface area contributed by atoms with Crippen LogP contribution in [0.1, 0.15) is 79.0 Å². The Morgan fingerprint density at radius 1 is 1.00 bits per heavy atom. The molecule has 0 aromatic heterocycles. The van der Waals surface area contributed by atoms with E-state index in [2.05, 4.69) is 12.2 Å². The minimum absolute atomic E-state index is 0.113. The zero-order chi connectivity index (χ0) is 22.1. The number of ether oxygens (including phenoxy) is 1. The van der Waals surface area contributed by atoms with Gasteiger partial charge < -0.3 is 15.0 Å². The first-order valence-corrected chi connectivity index (χ1v) is 11.5. The van der Waals surface area contributed by atoms with Crippen molar-refractivity contribution >= 4 is 17.5 Å². The zero-order valence-corrected chi connectivity index (χ0v) is 18.7. The Morgan fingerprint density at radius 2 is 1.71 bits per heavy atom. The molecule has 0 saturated heterocycles. The molecule has 0 heterocycles. The molecule has 0 radical (unpaired) electrons. The third kappa shape index (κ3) is 6.33. The first-order chi connectivity index (χ1) is 15.1. The largest absolute Gasteiger partial charge is 0.494 e. The second kappa shape index (κ2) is 11.5. The first kappa shape index (κ1) is 22.9. The number of para-hydroxylation sites is 1. The van der Waals surface area contributed by atoms with Gasteiger partial charge in [0.15, 0.2) is 0 Å². The molecule has 1 aliphatic rings. The smallest absolute Gasteiger partial charge is 0.258 e. The third-order valence-electron chi connectivity index (χ3n) is 5.87. The van der Waals surface area contributed by atoms with Crippen LogP contribution in [-0.2, 0) is 0 Å². The minimum Gasteiger partial charge on any atom is -0.494 e. The van der Waals surface area contributed by atoms with Crippen molar-refractivity contribution in [2.75, 3.05) is 18.6 Å². The normalized spacial score (nSPS) is 14.1. The summed E-state index contributed by atoms with van der Waals surface area (Å²) in [6.07, 6.45) is 8.93. The van der Waals surface area contributed by atoms with Crippen LogP contribution in [0.25, 0.3) is 0 Å². The lowest BCUT2D eigenvalue weighted by Crippen LogP contribution is -2.37. The SMILES string of the molecule is CCCCCOc1ccc(C(=O)N(C)c2ccccc2C(=O)NC2CCCCC2)cc1. The summed E-state index contributed by atoms with van der Waals surface area (Å²) in [5.74, 6) is 0.496. The van der Waals surface area contributed by atoms with Gasteiger partial charge in [0.25, 0.3) is 11.8 Å². The fourth-order valence-corrected chi connectivity index (χ4v) is 4.01. The van der Waals surface area contributed by atoms with Gasteiger partial charge in [-0.15, -0.1) is 0 Å². The molecule has 0 aliphatic heterocycles. The highest BCUT2D eigenvalue weighted by atomic mass is 16.5. The highest BCUT2D eigenvalue weighted by Gasteiger charge is 2.22. The van der Waals surface area contributed by atoms with Gasteiger partial charge in [-0.1, -0.05) is 51.2 Å². The van der Waals surface area contributed by atoms with Crippen LogP contribution in [0.2, 0.25) is 0 Å². The number of hydrogen-bond acceptors (Lipinski definition) is 3. The van der Waals surface area contributed by atoms with E-state index < -0.39 is 0 Å². The molecule has 0 atom stereocenters. The van der Waals surface area contributed by atoms with Crippen LogP contribution >= 0.6 is 0 Å². The van der Waals surface area contributed by atoms with Gasteiger partial charge in [0.05, 0.1) is 17.9 Å². The van der Waals surface area contributed by atoms with Crippen molar-refractivity contribution in [3.05, 3.63) is 59.7 Å². The summed E-state index contributed by atoms with van der Waals surface area (Å²) < 4.78 is 5.73. The van der Waals surface area contributed by atoms with Crippen molar-refractivity contribution in [2.24, 2.45) is 0 Å². The molecule has 31 heavy (non-hydrogen) atoms. The second-order valence-corrected chi connectivity index (χ2v) is 8.27. The van der Waals surface area contributed by atoms with Crippen molar-refractivity contribution in [3.63, 3.8) is 0 Å². The Labute approximate surface area is 185 Å². The molecule has 2 amide bonds. The number of anilines is 1. The fraction of sp³-hybridized carbons (Fsp3) is 0.462. The van der Waals surface area contributed by atoms with Gasteiger partial charge in [-0.05, 0) is 55.7 Å². The van der Waals surface area contributed by atoms with Crippen molar-refractivity contribution in [1.82, 2.24) is 5.32 Å². The predicted octanol–water partition coefficient (Wildman–Crippen LogP) is 5.59. The average molecular weight is 423 g/mol. The Bertz CT molecular complexity index is 857. The molecule has 5 nitrogen and oxygen atoms in total. The molecule has 2 aromatic rings. The quantitative estimate of drug-likeness (QED) is 0.536. The molecule has 1 fully saturated rings. The highest BCUT2D eigenvalue weighted by Crippen LogP contribution is 2.24. The van der Waals surface area contributed by atoms with E-state index >= 15 is 0 Å². The zero-order valence-electron chi connectivity index (χ0n) is 18.7. The van der Waals surface area contributed by atoms with Crippen LogP contribution in [0.5, 0.6) is 5.75 Å². The number of carbonyl (C=O) groups is 2. The van der Waals surface area contributed by atoms with Crippen LogP contribution in [0.15, 0.2) is 48.5 Å². The summed E-state index contributed by atoms with van der Waals surface area (Å²) in [7, 11) is 1.71. The summed E-state index contributed by atoms with van der Waals surface area (Å²) in [5, 5.41) is 3.15. The van der Waals surface area contributed by atoms with Gasteiger partial charge >= 0.3 is 0 Å². The molecule has 1 aliphatic carbocycles. The highest BCUT2D eigenvalue weighted by molar-refractivity contribution is 6.10. The third-order valence-corrected chi connectivity index (χ3v) is 5.87. The van der Waals surface area contributed by atoms with Crippen LogP contribution in [0, 0.1) is 0 Å².